The number of thioether (sulfide) groups is 1. The third-order valence-electron chi connectivity index (χ3n) is 7.98. The van der Waals surface area contributed by atoms with Crippen LogP contribution in [0.3, 0.4) is 0 Å². The average Bonchev–Trinajstić information content (AvgIpc) is 3.41. The van der Waals surface area contributed by atoms with Crippen LogP contribution in [0, 0.1) is 5.41 Å². The summed E-state index contributed by atoms with van der Waals surface area (Å²) < 4.78 is 19.8. The fourth-order valence-electron chi connectivity index (χ4n) is 5.90. The van der Waals surface area contributed by atoms with Crippen molar-refractivity contribution in [2.24, 2.45) is 5.41 Å². The molecule has 1 N–H and O–H groups in total. The summed E-state index contributed by atoms with van der Waals surface area (Å²) in [7, 11) is 0. The van der Waals surface area contributed by atoms with Crippen LogP contribution in [0.4, 0.5) is 5.95 Å². The summed E-state index contributed by atoms with van der Waals surface area (Å²) in [5.41, 5.74) is 3.10. The lowest BCUT2D eigenvalue weighted by molar-refractivity contribution is -0.137. The summed E-state index contributed by atoms with van der Waals surface area (Å²) in [5, 5.41) is 9.58. The van der Waals surface area contributed by atoms with Crippen LogP contribution in [0.2, 0.25) is 5.02 Å². The molecular weight excluding hydrogens is 682 g/mol. The third-order valence-corrected chi connectivity index (χ3v) is 9.82. The number of amides is 1. The van der Waals surface area contributed by atoms with Crippen LogP contribution in [0.5, 0.6) is 11.5 Å². The lowest BCUT2D eigenvalue weighted by atomic mass is 9.73. The molecule has 1 amide bonds. The minimum atomic E-state index is -0.540. The summed E-state index contributed by atoms with van der Waals surface area (Å²) >= 11 is 11.6. The number of aromatic nitrogens is 3. The zero-order chi connectivity index (χ0) is 31.7. The molecule has 1 saturated heterocycles. The van der Waals surface area contributed by atoms with E-state index in [0.717, 1.165) is 16.8 Å². The second-order valence-corrected chi connectivity index (χ2v) is 14.2. The highest BCUT2D eigenvalue weighted by Gasteiger charge is 2.42. The van der Waals surface area contributed by atoms with Gasteiger partial charge in [0.05, 0.1) is 24.3 Å². The standard InChI is InChI=1S/C32H35BrClN5O5S/c1-4-43-25-14-20(13-21(33)29(25)44-17-26(41)38-9-11-42-12-10-38)28-27-23(15-32(2,3)16-24(27)40)35-30-36-31(37-39(28)30)45-18-19-7-5-6-8-22(19)34/h5-8,13-14,28H,4,9-12,15-18H2,1-3H3,(H,35,36,37). The molecule has 3 aliphatic rings. The van der Waals surface area contributed by atoms with Gasteiger partial charge in [-0.2, -0.15) is 4.98 Å². The summed E-state index contributed by atoms with van der Waals surface area (Å²) in [6.45, 7) is 8.45. The van der Waals surface area contributed by atoms with E-state index in [4.69, 9.17) is 35.9 Å². The Kier molecular flexibility index (Phi) is 9.47. The Morgan fingerprint density at radius 3 is 2.73 bits per heavy atom. The van der Waals surface area contributed by atoms with E-state index in [-0.39, 0.29) is 23.7 Å². The molecule has 3 aromatic rings. The number of ketones is 1. The SMILES string of the molecule is CCOc1cc(C2C3=C(CC(C)(C)CC3=O)Nc3nc(SCc4ccccc4Cl)nn32)cc(Br)c1OCC(=O)N1CCOCC1. The van der Waals surface area contributed by atoms with Crippen molar-refractivity contribution in [1.82, 2.24) is 19.7 Å². The maximum Gasteiger partial charge on any atom is 0.260 e. The van der Waals surface area contributed by atoms with Gasteiger partial charge in [-0.1, -0.05) is 55.4 Å². The molecule has 0 saturated carbocycles. The number of allylic oxidation sites excluding steroid dienone is 2. The molecule has 2 aliphatic heterocycles. The van der Waals surface area contributed by atoms with E-state index in [0.29, 0.717) is 89.2 Å². The highest BCUT2D eigenvalue weighted by Crippen LogP contribution is 2.48. The van der Waals surface area contributed by atoms with Crippen molar-refractivity contribution in [3.63, 3.8) is 0 Å². The predicted molar refractivity (Wildman–Crippen MR) is 176 cm³/mol. The Bertz CT molecular complexity index is 1650. The number of rotatable bonds is 9. The normalized spacial score (nSPS) is 19.1. The first kappa shape index (κ1) is 31.9. The van der Waals surface area contributed by atoms with Crippen LogP contribution in [-0.2, 0) is 20.1 Å². The van der Waals surface area contributed by atoms with E-state index >= 15 is 0 Å². The molecule has 6 rings (SSSR count). The number of hydrogen-bond acceptors (Lipinski definition) is 9. The Morgan fingerprint density at radius 1 is 1.20 bits per heavy atom. The molecule has 1 aliphatic carbocycles. The van der Waals surface area contributed by atoms with Crippen molar-refractivity contribution in [2.75, 3.05) is 44.8 Å². The van der Waals surface area contributed by atoms with Gasteiger partial charge in [-0.3, -0.25) is 9.59 Å². The van der Waals surface area contributed by atoms with Crippen molar-refractivity contribution in [3.8, 4) is 11.5 Å². The maximum absolute atomic E-state index is 13.8. The molecule has 2 aromatic carbocycles. The largest absolute Gasteiger partial charge is 0.490 e. The Labute approximate surface area is 280 Å². The van der Waals surface area contributed by atoms with Crippen LogP contribution in [0.25, 0.3) is 0 Å². The van der Waals surface area contributed by atoms with Gasteiger partial charge in [0.15, 0.2) is 23.9 Å². The van der Waals surface area contributed by atoms with Gasteiger partial charge in [-0.05, 0) is 64.0 Å². The highest BCUT2D eigenvalue weighted by atomic mass is 79.9. The van der Waals surface area contributed by atoms with E-state index in [1.807, 2.05) is 43.3 Å². The maximum atomic E-state index is 13.8. The Balaban J connectivity index is 1.35. The Morgan fingerprint density at radius 2 is 1.98 bits per heavy atom. The van der Waals surface area contributed by atoms with E-state index in [1.54, 1.807) is 9.58 Å². The van der Waals surface area contributed by atoms with Gasteiger partial charge in [0.1, 0.15) is 6.04 Å². The summed E-state index contributed by atoms with van der Waals surface area (Å²) in [6, 6.07) is 11.0. The minimum Gasteiger partial charge on any atom is -0.490 e. The smallest absolute Gasteiger partial charge is 0.260 e. The van der Waals surface area contributed by atoms with Gasteiger partial charge in [-0.25, -0.2) is 4.68 Å². The first-order valence-electron chi connectivity index (χ1n) is 14.9. The fourth-order valence-corrected chi connectivity index (χ4v) is 7.59. The van der Waals surface area contributed by atoms with Crippen LogP contribution in [-0.4, -0.2) is 70.9 Å². The molecule has 1 unspecified atom stereocenters. The molecule has 45 heavy (non-hydrogen) atoms. The number of Topliss-reactive ketones (excluding diaryl/α,β-unsaturated/α-hetero) is 1. The lowest BCUT2D eigenvalue weighted by Crippen LogP contribution is -2.43. The van der Waals surface area contributed by atoms with E-state index < -0.39 is 6.04 Å². The van der Waals surface area contributed by atoms with Gasteiger partial charge >= 0.3 is 0 Å². The van der Waals surface area contributed by atoms with Crippen molar-refractivity contribution < 1.29 is 23.8 Å². The number of nitrogens with one attached hydrogen (secondary N) is 1. The molecule has 3 heterocycles. The van der Waals surface area contributed by atoms with Gasteiger partial charge in [0, 0.05) is 41.6 Å². The monoisotopic (exact) mass is 715 g/mol. The molecular formula is C32H35BrClN5O5S. The number of halogens is 2. The fraction of sp³-hybridized carbons (Fsp3) is 0.438. The number of carbonyl (C=O) groups is 2. The quantitative estimate of drug-likeness (QED) is 0.256. The number of anilines is 1. The van der Waals surface area contributed by atoms with Crippen LogP contribution in [0.1, 0.15) is 50.8 Å². The topological polar surface area (TPSA) is 108 Å². The van der Waals surface area contributed by atoms with Crippen LogP contribution >= 0.6 is 39.3 Å². The molecule has 1 aromatic heterocycles. The first-order chi connectivity index (χ1) is 21.6. The van der Waals surface area contributed by atoms with E-state index in [2.05, 4.69) is 35.1 Å². The number of morpholine rings is 1. The minimum absolute atomic E-state index is 0.0655. The van der Waals surface area contributed by atoms with E-state index in [9.17, 15) is 9.59 Å². The summed E-state index contributed by atoms with van der Waals surface area (Å²) in [4.78, 5) is 33.2. The number of benzene rings is 2. The van der Waals surface area contributed by atoms with Gasteiger partial charge in [-0.15, -0.1) is 5.10 Å². The molecule has 0 radical (unpaired) electrons. The van der Waals surface area contributed by atoms with Crippen LogP contribution < -0.4 is 14.8 Å². The Hall–Kier alpha value is -3.06. The van der Waals surface area contributed by atoms with Crippen molar-refractivity contribution in [2.45, 2.75) is 50.6 Å². The zero-order valence-electron chi connectivity index (χ0n) is 25.4. The van der Waals surface area contributed by atoms with E-state index in [1.165, 1.54) is 11.8 Å². The molecule has 13 heteroatoms. The van der Waals surface area contributed by atoms with Crippen molar-refractivity contribution >= 4 is 56.9 Å². The van der Waals surface area contributed by atoms with Gasteiger partial charge in [0.25, 0.3) is 5.91 Å². The number of carbonyl (C=O) groups excluding carboxylic acids is 2. The number of hydrogen-bond donors (Lipinski definition) is 1. The van der Waals surface area contributed by atoms with Gasteiger partial charge < -0.3 is 24.4 Å². The predicted octanol–water partition coefficient (Wildman–Crippen LogP) is 6.28. The molecule has 10 nitrogen and oxygen atoms in total. The summed E-state index contributed by atoms with van der Waals surface area (Å²) in [5.74, 6) is 2.01. The second kappa shape index (κ2) is 13.4. The summed E-state index contributed by atoms with van der Waals surface area (Å²) in [6.07, 6.45) is 1.12. The molecule has 1 fully saturated rings. The average molecular weight is 717 g/mol. The van der Waals surface area contributed by atoms with Crippen molar-refractivity contribution in [1.29, 1.82) is 0 Å². The molecule has 1 atom stereocenters. The lowest BCUT2D eigenvalue weighted by Gasteiger charge is -2.38. The van der Waals surface area contributed by atoms with Crippen molar-refractivity contribution in [3.05, 3.63) is 68.3 Å². The second-order valence-electron chi connectivity index (χ2n) is 11.9. The van der Waals surface area contributed by atoms with Gasteiger partial charge in [0.2, 0.25) is 11.1 Å². The highest BCUT2D eigenvalue weighted by molar-refractivity contribution is 9.10. The number of fused-ring (bicyclic) bond motifs is 1. The number of nitrogens with zero attached hydrogens (tertiary/aromatic N) is 4. The number of ether oxygens (including phenoxy) is 3. The molecule has 0 spiro atoms. The third kappa shape index (κ3) is 6.89. The van der Waals surface area contributed by atoms with Crippen LogP contribution in [0.15, 0.2) is 57.3 Å². The zero-order valence-corrected chi connectivity index (χ0v) is 28.6. The molecule has 0 bridgehead atoms. The first-order valence-corrected chi connectivity index (χ1v) is 17.1. The molecule has 238 valence electrons.